The molecule has 2 aliphatic heterocycles. The highest BCUT2D eigenvalue weighted by molar-refractivity contribution is 5.92. The Hall–Kier alpha value is -1.73. The summed E-state index contributed by atoms with van der Waals surface area (Å²) in [6.07, 6.45) is 3.60. The first kappa shape index (κ1) is 21.0. The summed E-state index contributed by atoms with van der Waals surface area (Å²) < 4.78 is 12.3. The molecule has 1 aromatic heterocycles. The first-order valence-corrected chi connectivity index (χ1v) is 10.6. The lowest BCUT2D eigenvalue weighted by Crippen LogP contribution is -2.47. The quantitative estimate of drug-likeness (QED) is 0.805. The van der Waals surface area contributed by atoms with Crippen molar-refractivity contribution in [3.05, 3.63) is 23.9 Å². The zero-order valence-corrected chi connectivity index (χ0v) is 17.2. The number of alkyl halides is 1. The van der Waals surface area contributed by atoms with E-state index >= 15 is 0 Å². The lowest BCUT2D eigenvalue weighted by atomic mass is 10.0. The second-order valence-electron chi connectivity index (χ2n) is 8.06. The number of nitrogens with zero attached hydrogens (tertiary/aromatic N) is 4. The van der Waals surface area contributed by atoms with Crippen molar-refractivity contribution in [3.63, 3.8) is 0 Å². The van der Waals surface area contributed by atoms with Gasteiger partial charge in [-0.15, -0.1) is 0 Å². The first-order chi connectivity index (χ1) is 13.6. The van der Waals surface area contributed by atoms with Crippen molar-refractivity contribution in [1.29, 1.82) is 0 Å². The Balaban J connectivity index is 1.56. The van der Waals surface area contributed by atoms with Crippen LogP contribution in [0.25, 0.3) is 0 Å². The molecule has 0 spiro atoms. The normalized spacial score (nSPS) is 20.4. The van der Waals surface area contributed by atoms with Crippen LogP contribution in [0.3, 0.4) is 0 Å². The van der Waals surface area contributed by atoms with E-state index in [1.807, 2.05) is 12.1 Å². The topological polar surface area (TPSA) is 51.7 Å². The Bertz CT molecular complexity index is 633. The molecule has 0 atom stereocenters. The van der Waals surface area contributed by atoms with Crippen molar-refractivity contribution in [1.82, 2.24) is 20.1 Å². The molecule has 156 valence electrons. The van der Waals surface area contributed by atoms with Gasteiger partial charge in [0.2, 0.25) is 0 Å². The van der Waals surface area contributed by atoms with Gasteiger partial charge in [0.05, 0.1) is 0 Å². The summed E-state index contributed by atoms with van der Waals surface area (Å²) in [5.41, 5.74) is 0.355. The summed E-state index contributed by atoms with van der Waals surface area (Å²) >= 11 is 0. The maximum atomic E-state index is 12.3. The summed E-state index contributed by atoms with van der Waals surface area (Å²) in [5, 5.41) is 2.55. The minimum absolute atomic E-state index is 0.0268. The fourth-order valence-electron chi connectivity index (χ4n) is 4.28. The maximum Gasteiger partial charge on any atom is 0.270 e. The van der Waals surface area contributed by atoms with Gasteiger partial charge in [0, 0.05) is 44.8 Å². The average Bonchev–Trinajstić information content (AvgIpc) is 2.98. The predicted molar refractivity (Wildman–Crippen MR) is 111 cm³/mol. The number of nitrogens with one attached hydrogen (secondary N) is 1. The van der Waals surface area contributed by atoms with E-state index in [4.69, 9.17) is 0 Å². The minimum atomic E-state index is -0.566. The van der Waals surface area contributed by atoms with Crippen molar-refractivity contribution in [2.75, 3.05) is 57.4 Å². The van der Waals surface area contributed by atoms with Crippen LogP contribution >= 0.6 is 0 Å². The van der Waals surface area contributed by atoms with Gasteiger partial charge in [-0.1, -0.05) is 6.07 Å². The third-order valence-electron chi connectivity index (χ3n) is 5.95. The number of hydrogen-bond acceptors (Lipinski definition) is 5. The number of aromatic nitrogens is 1. The van der Waals surface area contributed by atoms with Gasteiger partial charge < -0.3 is 15.1 Å². The molecule has 1 aromatic rings. The third-order valence-corrected chi connectivity index (χ3v) is 5.95. The Kier molecular flexibility index (Phi) is 7.62. The van der Waals surface area contributed by atoms with Crippen molar-refractivity contribution in [2.24, 2.45) is 0 Å². The molecule has 2 aliphatic rings. The summed E-state index contributed by atoms with van der Waals surface area (Å²) in [6, 6.07) is 6.82. The van der Waals surface area contributed by atoms with Gasteiger partial charge in [0.15, 0.2) is 0 Å². The molecule has 28 heavy (non-hydrogen) atoms. The predicted octanol–water partition coefficient (Wildman–Crippen LogP) is 2.17. The number of rotatable bonds is 6. The number of anilines is 1. The fourth-order valence-corrected chi connectivity index (χ4v) is 4.28. The van der Waals surface area contributed by atoms with E-state index in [1.165, 1.54) is 25.9 Å². The molecule has 0 radical (unpaired) electrons. The molecule has 1 N–H and O–H groups in total. The molecule has 3 rings (SSSR count). The van der Waals surface area contributed by atoms with Crippen LogP contribution < -0.4 is 10.2 Å². The van der Waals surface area contributed by atoms with Crippen molar-refractivity contribution in [3.8, 4) is 0 Å². The van der Waals surface area contributed by atoms with Crippen LogP contribution in [0.5, 0.6) is 0 Å². The van der Waals surface area contributed by atoms with Crippen molar-refractivity contribution in [2.45, 2.75) is 45.2 Å². The minimum Gasteiger partial charge on any atom is -0.355 e. The summed E-state index contributed by atoms with van der Waals surface area (Å²) in [7, 11) is 0. The van der Waals surface area contributed by atoms with Gasteiger partial charge in [0.25, 0.3) is 5.91 Å². The number of piperidine rings is 1. The smallest absolute Gasteiger partial charge is 0.270 e. The first-order valence-electron chi connectivity index (χ1n) is 10.6. The lowest BCUT2D eigenvalue weighted by molar-refractivity contribution is 0.0946. The molecule has 1 amide bonds. The SMILES string of the molecule is CC(C)N1CCC(N2CCCN(c3cccc(C(=O)NCCF)n3)CC2)CC1. The molecule has 7 heteroatoms. The van der Waals surface area contributed by atoms with E-state index in [9.17, 15) is 9.18 Å². The summed E-state index contributed by atoms with van der Waals surface area (Å²) in [4.78, 5) is 24.1. The van der Waals surface area contributed by atoms with Gasteiger partial charge in [-0.3, -0.25) is 9.69 Å². The molecule has 0 aromatic carbocycles. The number of halogens is 1. The monoisotopic (exact) mass is 391 g/mol. The van der Waals surface area contributed by atoms with E-state index < -0.39 is 6.67 Å². The average molecular weight is 392 g/mol. The van der Waals surface area contributed by atoms with Gasteiger partial charge in [-0.05, 0) is 58.3 Å². The van der Waals surface area contributed by atoms with Crippen molar-refractivity contribution < 1.29 is 9.18 Å². The molecule has 2 saturated heterocycles. The van der Waals surface area contributed by atoms with Crippen LogP contribution in [0.1, 0.15) is 43.6 Å². The largest absolute Gasteiger partial charge is 0.355 e. The Morgan fingerprint density at radius 2 is 1.96 bits per heavy atom. The Labute approximate surface area is 168 Å². The van der Waals surface area contributed by atoms with Crippen LogP contribution in [0.4, 0.5) is 10.2 Å². The van der Waals surface area contributed by atoms with Crippen LogP contribution in [0, 0.1) is 0 Å². The van der Waals surface area contributed by atoms with E-state index in [-0.39, 0.29) is 12.5 Å². The van der Waals surface area contributed by atoms with Gasteiger partial charge in [0.1, 0.15) is 18.2 Å². The standard InChI is InChI=1S/C21H34FN5O/c1-17(2)25-13-7-18(8-14-25)26-11-4-12-27(16-15-26)20-6-3-5-19(24-20)21(28)23-10-9-22/h3,5-6,17-18H,4,7-16H2,1-2H3,(H,23,28). The number of carbonyl (C=O) groups excluding carboxylic acids is 1. The number of likely N-dealkylation sites (tertiary alicyclic amines) is 1. The van der Waals surface area contributed by atoms with Crippen LogP contribution in [0.2, 0.25) is 0 Å². The van der Waals surface area contributed by atoms with E-state index in [2.05, 4.69) is 38.8 Å². The van der Waals surface area contributed by atoms with E-state index in [0.717, 1.165) is 38.4 Å². The Morgan fingerprint density at radius 3 is 2.68 bits per heavy atom. The molecular formula is C21H34FN5O. The second-order valence-corrected chi connectivity index (χ2v) is 8.06. The van der Waals surface area contributed by atoms with Crippen molar-refractivity contribution >= 4 is 11.7 Å². The number of carbonyl (C=O) groups is 1. The Morgan fingerprint density at radius 1 is 1.18 bits per heavy atom. The second kappa shape index (κ2) is 10.2. The molecule has 0 aliphatic carbocycles. The zero-order valence-electron chi connectivity index (χ0n) is 17.2. The van der Waals surface area contributed by atoms with E-state index in [1.54, 1.807) is 6.07 Å². The number of hydrogen-bond donors (Lipinski definition) is 1. The highest BCUT2D eigenvalue weighted by atomic mass is 19.1. The third kappa shape index (κ3) is 5.41. The number of amides is 1. The molecular weight excluding hydrogens is 357 g/mol. The van der Waals surface area contributed by atoms with E-state index in [0.29, 0.717) is 17.8 Å². The van der Waals surface area contributed by atoms with Crippen LogP contribution in [0.15, 0.2) is 18.2 Å². The maximum absolute atomic E-state index is 12.3. The lowest BCUT2D eigenvalue weighted by Gasteiger charge is -2.39. The summed E-state index contributed by atoms with van der Waals surface area (Å²) in [6.45, 7) is 10.4. The van der Waals surface area contributed by atoms with Gasteiger partial charge >= 0.3 is 0 Å². The molecule has 0 bridgehead atoms. The van der Waals surface area contributed by atoms with Gasteiger partial charge in [-0.25, -0.2) is 9.37 Å². The molecule has 6 nitrogen and oxygen atoms in total. The molecule has 0 saturated carbocycles. The number of pyridine rings is 1. The highest BCUT2D eigenvalue weighted by Crippen LogP contribution is 2.21. The molecule has 3 heterocycles. The zero-order chi connectivity index (χ0) is 19.9. The highest BCUT2D eigenvalue weighted by Gasteiger charge is 2.27. The molecule has 2 fully saturated rings. The fraction of sp³-hybridized carbons (Fsp3) is 0.714. The van der Waals surface area contributed by atoms with Crippen LogP contribution in [-0.2, 0) is 0 Å². The molecule has 0 unspecified atom stereocenters. The van der Waals surface area contributed by atoms with Gasteiger partial charge in [-0.2, -0.15) is 0 Å². The van der Waals surface area contributed by atoms with Crippen LogP contribution in [-0.4, -0.2) is 85.3 Å². The summed E-state index contributed by atoms with van der Waals surface area (Å²) in [5.74, 6) is 0.525.